The average molecular weight is 457 g/mol. The van der Waals surface area contributed by atoms with Gasteiger partial charge >= 0.3 is 5.63 Å². The van der Waals surface area contributed by atoms with Crippen molar-refractivity contribution < 1.29 is 9.15 Å². The van der Waals surface area contributed by atoms with E-state index in [1.165, 1.54) is 17.8 Å². The third-order valence-corrected chi connectivity index (χ3v) is 6.54. The zero-order valence-corrected chi connectivity index (χ0v) is 19.0. The summed E-state index contributed by atoms with van der Waals surface area (Å²) in [7, 11) is 1.59. The van der Waals surface area contributed by atoms with Crippen molar-refractivity contribution in [1.29, 1.82) is 0 Å². The molecular weight excluding hydrogens is 436 g/mol. The molecule has 0 amide bonds. The van der Waals surface area contributed by atoms with E-state index in [-0.39, 0.29) is 5.56 Å². The molecule has 2 aromatic carbocycles. The van der Waals surface area contributed by atoms with E-state index >= 15 is 0 Å². The number of ether oxygens (including phenoxy) is 1. The second-order valence-corrected chi connectivity index (χ2v) is 8.65. The zero-order valence-electron chi connectivity index (χ0n) is 17.4. The van der Waals surface area contributed by atoms with Gasteiger partial charge in [0.05, 0.1) is 24.1 Å². The molecule has 0 unspecified atom stereocenters. The number of fused-ring (bicyclic) bond motifs is 2. The van der Waals surface area contributed by atoms with Gasteiger partial charge in [0.2, 0.25) is 0 Å². The van der Waals surface area contributed by atoms with E-state index in [0.29, 0.717) is 45.6 Å². The van der Waals surface area contributed by atoms with Crippen LogP contribution in [-0.4, -0.2) is 23.3 Å². The minimum absolute atomic E-state index is 0.148. The molecule has 0 radical (unpaired) electrons. The number of hydrogen-bond donors (Lipinski definition) is 0. The smallest absolute Gasteiger partial charge is 0.336 e. The van der Waals surface area contributed by atoms with E-state index in [2.05, 4.69) is 4.98 Å². The van der Waals surface area contributed by atoms with Gasteiger partial charge < -0.3 is 9.15 Å². The molecule has 2 heterocycles. The third-order valence-electron chi connectivity index (χ3n) is 5.28. The molecule has 0 saturated carbocycles. The first kappa shape index (κ1) is 21.6. The molecular formula is C23H21ClN2O4S. The topological polar surface area (TPSA) is 74.3 Å². The molecule has 160 valence electrons. The fraction of sp³-hybridized carbons (Fsp3) is 0.261. The van der Waals surface area contributed by atoms with Crippen LogP contribution < -0.4 is 11.2 Å². The maximum Gasteiger partial charge on any atom is 0.336 e. The van der Waals surface area contributed by atoms with Crippen molar-refractivity contribution in [3.8, 4) is 0 Å². The molecule has 0 fully saturated rings. The molecule has 0 spiro atoms. The number of thioether (sulfide) groups is 1. The second kappa shape index (κ2) is 8.86. The molecule has 0 saturated heterocycles. The average Bonchev–Trinajstić information content (AvgIpc) is 2.74. The number of rotatable bonds is 6. The summed E-state index contributed by atoms with van der Waals surface area (Å²) in [5, 5.41) is 2.44. The number of benzene rings is 2. The molecule has 0 N–H and O–H groups in total. The van der Waals surface area contributed by atoms with Crippen LogP contribution in [0, 0.1) is 13.8 Å². The summed E-state index contributed by atoms with van der Waals surface area (Å²) >= 11 is 7.50. The Bertz CT molecular complexity index is 1410. The number of methoxy groups -OCH3 is 1. The number of aromatic nitrogens is 2. The molecule has 8 heteroatoms. The lowest BCUT2D eigenvalue weighted by molar-refractivity contribution is 0.183. The van der Waals surface area contributed by atoms with Gasteiger partial charge in [-0.15, -0.1) is 0 Å². The van der Waals surface area contributed by atoms with Gasteiger partial charge in [0.15, 0.2) is 5.16 Å². The van der Waals surface area contributed by atoms with Crippen molar-refractivity contribution in [2.75, 3.05) is 13.7 Å². The highest BCUT2D eigenvalue weighted by atomic mass is 35.5. The second-order valence-electron chi connectivity index (χ2n) is 7.27. The summed E-state index contributed by atoms with van der Waals surface area (Å²) in [6.45, 7) is 4.67. The Balaban J connectivity index is 1.79. The lowest BCUT2D eigenvalue weighted by atomic mass is 10.0. The summed E-state index contributed by atoms with van der Waals surface area (Å²) in [5.74, 6) is 0.454. The zero-order chi connectivity index (χ0) is 22.1. The molecule has 4 aromatic rings. The maximum absolute atomic E-state index is 13.1. The fourth-order valence-corrected chi connectivity index (χ4v) is 4.63. The maximum atomic E-state index is 13.1. The number of nitrogens with zero attached hydrogens (tertiary/aromatic N) is 2. The molecule has 0 bridgehead atoms. The van der Waals surface area contributed by atoms with Crippen LogP contribution in [0.15, 0.2) is 55.6 Å². The van der Waals surface area contributed by atoms with Gasteiger partial charge in [-0.05, 0) is 48.7 Å². The van der Waals surface area contributed by atoms with Crippen LogP contribution in [0.5, 0.6) is 0 Å². The van der Waals surface area contributed by atoms with Crippen molar-refractivity contribution in [1.82, 2.24) is 9.55 Å². The number of hydrogen-bond acceptors (Lipinski definition) is 6. The van der Waals surface area contributed by atoms with E-state index in [0.717, 1.165) is 22.1 Å². The van der Waals surface area contributed by atoms with Gasteiger partial charge in [-0.2, -0.15) is 0 Å². The summed E-state index contributed by atoms with van der Waals surface area (Å²) in [5.41, 5.74) is 3.42. The van der Waals surface area contributed by atoms with Crippen LogP contribution in [-0.2, 0) is 17.0 Å². The highest BCUT2D eigenvalue weighted by molar-refractivity contribution is 7.98. The monoisotopic (exact) mass is 456 g/mol. The Kier molecular flexibility index (Phi) is 6.18. The lowest BCUT2D eigenvalue weighted by Gasteiger charge is -2.14. The minimum atomic E-state index is -0.396. The molecule has 4 rings (SSSR count). The van der Waals surface area contributed by atoms with E-state index in [4.69, 9.17) is 20.8 Å². The van der Waals surface area contributed by atoms with E-state index in [1.807, 2.05) is 26.0 Å². The Morgan fingerprint density at radius 3 is 2.68 bits per heavy atom. The minimum Gasteiger partial charge on any atom is -0.422 e. The number of halogens is 1. The Labute approximate surface area is 187 Å². The summed E-state index contributed by atoms with van der Waals surface area (Å²) in [4.78, 5) is 29.9. The van der Waals surface area contributed by atoms with E-state index in [1.54, 1.807) is 29.9 Å². The largest absolute Gasteiger partial charge is 0.422 e. The van der Waals surface area contributed by atoms with Gasteiger partial charge in [-0.1, -0.05) is 35.5 Å². The van der Waals surface area contributed by atoms with Gasteiger partial charge in [0.25, 0.3) is 5.56 Å². The van der Waals surface area contributed by atoms with Crippen LogP contribution >= 0.6 is 23.4 Å². The molecule has 6 nitrogen and oxygen atoms in total. The molecule has 0 aliphatic heterocycles. The summed E-state index contributed by atoms with van der Waals surface area (Å²) < 4.78 is 12.2. The van der Waals surface area contributed by atoms with Crippen LogP contribution in [0.2, 0.25) is 5.02 Å². The van der Waals surface area contributed by atoms with Gasteiger partial charge in [-0.3, -0.25) is 9.36 Å². The lowest BCUT2D eigenvalue weighted by Crippen LogP contribution is -2.25. The molecule has 0 aliphatic rings. The summed E-state index contributed by atoms with van der Waals surface area (Å²) in [6.07, 6.45) is 0. The van der Waals surface area contributed by atoms with E-state index < -0.39 is 5.63 Å². The van der Waals surface area contributed by atoms with Crippen molar-refractivity contribution in [2.45, 2.75) is 31.3 Å². The van der Waals surface area contributed by atoms with Gasteiger partial charge in [-0.25, -0.2) is 9.78 Å². The molecule has 0 aliphatic carbocycles. The summed E-state index contributed by atoms with van der Waals surface area (Å²) in [6, 6.07) is 10.5. The predicted octanol–water partition coefficient (Wildman–Crippen LogP) is 4.71. The first-order chi connectivity index (χ1) is 14.9. The van der Waals surface area contributed by atoms with Gasteiger partial charge in [0.1, 0.15) is 5.58 Å². The Hall–Kier alpha value is -2.61. The van der Waals surface area contributed by atoms with E-state index in [9.17, 15) is 9.59 Å². The van der Waals surface area contributed by atoms with Crippen molar-refractivity contribution >= 4 is 45.2 Å². The van der Waals surface area contributed by atoms with Gasteiger partial charge in [0, 0.05) is 29.3 Å². The highest BCUT2D eigenvalue weighted by Crippen LogP contribution is 2.29. The molecule has 31 heavy (non-hydrogen) atoms. The Morgan fingerprint density at radius 2 is 1.90 bits per heavy atom. The number of aryl methyl sites for hydroxylation is 2. The van der Waals surface area contributed by atoms with Crippen molar-refractivity contribution in [2.24, 2.45) is 0 Å². The van der Waals surface area contributed by atoms with Crippen molar-refractivity contribution in [3.05, 3.63) is 78.9 Å². The van der Waals surface area contributed by atoms with Crippen LogP contribution in [0.1, 0.15) is 16.7 Å². The highest BCUT2D eigenvalue weighted by Gasteiger charge is 2.15. The first-order valence-electron chi connectivity index (χ1n) is 9.74. The first-order valence-corrected chi connectivity index (χ1v) is 11.1. The normalized spacial score (nSPS) is 11.5. The quantitative estimate of drug-likeness (QED) is 0.237. The standard InChI is InChI=1S/C23H21ClN2O4S/c1-13-4-6-17-15(10-20(27)30-21(17)14(13)2)12-31-23-25-19-11-16(24)5-7-18(19)22(28)26(23)8-9-29-3/h4-7,10-11H,8-9,12H2,1-3H3. The SMILES string of the molecule is COCCn1c(SCc2cc(=O)oc3c(C)c(C)ccc23)nc2cc(Cl)ccc2c1=O. The van der Waals surface area contributed by atoms with Crippen molar-refractivity contribution in [3.63, 3.8) is 0 Å². The van der Waals surface area contributed by atoms with Crippen LogP contribution in [0.25, 0.3) is 21.9 Å². The van der Waals surface area contributed by atoms with Crippen LogP contribution in [0.4, 0.5) is 0 Å². The van der Waals surface area contributed by atoms with Crippen LogP contribution in [0.3, 0.4) is 0 Å². The third kappa shape index (κ3) is 4.26. The fourth-order valence-electron chi connectivity index (χ4n) is 3.45. The molecule has 0 atom stereocenters. The Morgan fingerprint density at radius 1 is 1.13 bits per heavy atom. The molecule has 2 aromatic heterocycles. The predicted molar refractivity (Wildman–Crippen MR) is 124 cm³/mol.